The van der Waals surface area contributed by atoms with E-state index in [1.54, 1.807) is 0 Å². The summed E-state index contributed by atoms with van der Waals surface area (Å²) in [4.78, 5) is 39.2. The topological polar surface area (TPSA) is 90.9 Å². The predicted octanol–water partition coefficient (Wildman–Crippen LogP) is 3.65. The Labute approximate surface area is 188 Å². The minimum Gasteiger partial charge on any atom is -0.494 e. The molecule has 3 atom stereocenters. The molecule has 0 bridgehead atoms. The number of esters is 2. The maximum Gasteiger partial charge on any atom is 0.336 e. The smallest absolute Gasteiger partial charge is 0.336 e. The van der Waals surface area contributed by atoms with Gasteiger partial charge in [0, 0.05) is 22.9 Å². The van der Waals surface area contributed by atoms with Crippen molar-refractivity contribution in [2.75, 3.05) is 20.3 Å². The summed E-state index contributed by atoms with van der Waals surface area (Å²) in [6.45, 7) is 8.26. The fourth-order valence-electron chi connectivity index (χ4n) is 4.51. The van der Waals surface area contributed by atoms with E-state index >= 15 is 0 Å². The van der Waals surface area contributed by atoms with E-state index in [2.05, 4.69) is 5.32 Å². The quantitative estimate of drug-likeness (QED) is 0.510. The van der Waals surface area contributed by atoms with Gasteiger partial charge in [0.15, 0.2) is 5.78 Å². The number of hydrogen-bond donors (Lipinski definition) is 1. The lowest BCUT2D eigenvalue weighted by atomic mass is 9.69. The Morgan fingerprint density at radius 1 is 1.22 bits per heavy atom. The van der Waals surface area contributed by atoms with Crippen LogP contribution in [0.4, 0.5) is 0 Å². The van der Waals surface area contributed by atoms with Crippen molar-refractivity contribution in [2.45, 2.75) is 46.5 Å². The summed E-state index contributed by atoms with van der Waals surface area (Å²) in [6.07, 6.45) is 1.18. The van der Waals surface area contributed by atoms with E-state index < -0.39 is 23.8 Å². The minimum absolute atomic E-state index is 0.224. The zero-order chi connectivity index (χ0) is 23.4. The van der Waals surface area contributed by atoms with Gasteiger partial charge in [-0.05, 0) is 50.3 Å². The van der Waals surface area contributed by atoms with Crippen LogP contribution in [0.25, 0.3) is 0 Å². The number of methoxy groups -OCH3 is 1. The van der Waals surface area contributed by atoms with E-state index in [0.29, 0.717) is 42.0 Å². The van der Waals surface area contributed by atoms with Gasteiger partial charge in [-0.15, -0.1) is 0 Å². The molecule has 0 saturated carbocycles. The van der Waals surface area contributed by atoms with E-state index in [4.69, 9.17) is 14.2 Å². The standard InChI is InChI=1S/C25H31NO6/c1-6-11-32-25(29)20-15(4)26-18-12-14(3)19(24(28)30-5)23(27)22(18)21(20)16-9-8-10-17(13-16)31-7-2/h8-10,13-14,19,21,26H,6-7,11-12H2,1-5H3/t14-,19+,21+/m0/s1. The van der Waals surface area contributed by atoms with Crippen molar-refractivity contribution < 1.29 is 28.6 Å². The lowest BCUT2D eigenvalue weighted by Crippen LogP contribution is -2.43. The second-order valence-electron chi connectivity index (χ2n) is 8.18. The highest BCUT2D eigenvalue weighted by atomic mass is 16.5. The largest absolute Gasteiger partial charge is 0.494 e. The molecule has 1 aromatic carbocycles. The molecular formula is C25H31NO6. The number of rotatable bonds is 7. The first-order valence-electron chi connectivity index (χ1n) is 11.1. The fourth-order valence-corrected chi connectivity index (χ4v) is 4.51. The van der Waals surface area contributed by atoms with Crippen molar-refractivity contribution in [3.05, 3.63) is 52.4 Å². The molecule has 0 aromatic heterocycles. The first-order valence-corrected chi connectivity index (χ1v) is 11.1. The van der Waals surface area contributed by atoms with Crippen molar-refractivity contribution in [3.8, 4) is 5.75 Å². The number of ether oxygens (including phenoxy) is 3. The molecule has 0 unspecified atom stereocenters. The lowest BCUT2D eigenvalue weighted by Gasteiger charge is -2.38. The van der Waals surface area contributed by atoms with E-state index in [-0.39, 0.29) is 18.3 Å². The first-order chi connectivity index (χ1) is 15.3. The third kappa shape index (κ3) is 4.42. The van der Waals surface area contributed by atoms with Crippen LogP contribution >= 0.6 is 0 Å². The normalized spacial score (nSPS) is 22.8. The van der Waals surface area contributed by atoms with Crippen LogP contribution in [-0.4, -0.2) is 38.0 Å². The summed E-state index contributed by atoms with van der Waals surface area (Å²) in [5.74, 6) is -2.51. The highest BCUT2D eigenvalue weighted by molar-refractivity contribution is 6.12. The Kier molecular flexibility index (Phi) is 7.38. The molecule has 0 spiro atoms. The molecule has 0 fully saturated rings. The summed E-state index contributed by atoms with van der Waals surface area (Å²) in [5.41, 5.74) is 2.91. The van der Waals surface area contributed by atoms with Crippen molar-refractivity contribution in [1.82, 2.24) is 5.32 Å². The molecule has 1 aliphatic heterocycles. The van der Waals surface area contributed by atoms with Gasteiger partial charge in [0.25, 0.3) is 0 Å². The highest BCUT2D eigenvalue weighted by Crippen LogP contribution is 2.45. The van der Waals surface area contributed by atoms with E-state index in [0.717, 1.165) is 11.3 Å². The Morgan fingerprint density at radius 2 is 1.97 bits per heavy atom. The van der Waals surface area contributed by atoms with Gasteiger partial charge < -0.3 is 19.5 Å². The summed E-state index contributed by atoms with van der Waals surface area (Å²) in [7, 11) is 1.28. The van der Waals surface area contributed by atoms with Crippen molar-refractivity contribution >= 4 is 17.7 Å². The molecule has 2 aliphatic rings. The second-order valence-corrected chi connectivity index (χ2v) is 8.18. The molecule has 1 aliphatic carbocycles. The highest BCUT2D eigenvalue weighted by Gasteiger charge is 2.47. The Hall–Kier alpha value is -3.09. The number of carbonyl (C=O) groups is 3. The summed E-state index contributed by atoms with van der Waals surface area (Å²) in [6, 6.07) is 7.36. The van der Waals surface area contributed by atoms with Crippen LogP contribution < -0.4 is 10.1 Å². The fraction of sp³-hybridized carbons (Fsp3) is 0.480. The van der Waals surface area contributed by atoms with Gasteiger partial charge in [0.05, 0.1) is 25.9 Å². The molecule has 1 heterocycles. The number of benzene rings is 1. The SMILES string of the molecule is CCCOC(=O)C1=C(C)NC2=C(C(=O)[C@H](C(=O)OC)[C@@H](C)C2)[C@@H]1c1cccc(OCC)c1. The lowest BCUT2D eigenvalue weighted by molar-refractivity contribution is -0.151. The first kappa shape index (κ1) is 23.6. The molecule has 0 saturated heterocycles. The van der Waals surface area contributed by atoms with Gasteiger partial charge >= 0.3 is 11.9 Å². The molecule has 1 aromatic rings. The van der Waals surface area contributed by atoms with Gasteiger partial charge in [-0.1, -0.05) is 26.0 Å². The van der Waals surface area contributed by atoms with Gasteiger partial charge in [0.2, 0.25) is 0 Å². The molecular weight excluding hydrogens is 410 g/mol. The number of carbonyl (C=O) groups excluding carboxylic acids is 3. The number of allylic oxidation sites excluding steroid dienone is 3. The van der Waals surface area contributed by atoms with E-state index in [1.165, 1.54) is 7.11 Å². The molecule has 7 nitrogen and oxygen atoms in total. The van der Waals surface area contributed by atoms with Crippen molar-refractivity contribution in [3.63, 3.8) is 0 Å². The zero-order valence-electron chi connectivity index (χ0n) is 19.3. The van der Waals surface area contributed by atoms with Crippen molar-refractivity contribution in [2.24, 2.45) is 11.8 Å². The van der Waals surface area contributed by atoms with E-state index in [1.807, 2.05) is 52.0 Å². The molecule has 0 radical (unpaired) electrons. The maximum absolute atomic E-state index is 13.6. The van der Waals surface area contributed by atoms with Crippen LogP contribution in [0.2, 0.25) is 0 Å². The van der Waals surface area contributed by atoms with Crippen LogP contribution in [0.15, 0.2) is 46.8 Å². The summed E-state index contributed by atoms with van der Waals surface area (Å²) in [5, 5.41) is 3.26. The van der Waals surface area contributed by atoms with Gasteiger partial charge in [0.1, 0.15) is 11.7 Å². The Balaban J connectivity index is 2.16. The molecule has 0 amide bonds. The van der Waals surface area contributed by atoms with Crippen LogP contribution in [-0.2, 0) is 23.9 Å². The minimum atomic E-state index is -0.913. The summed E-state index contributed by atoms with van der Waals surface area (Å²) >= 11 is 0. The molecule has 172 valence electrons. The van der Waals surface area contributed by atoms with Gasteiger partial charge in [-0.2, -0.15) is 0 Å². The zero-order valence-corrected chi connectivity index (χ0v) is 19.3. The average molecular weight is 442 g/mol. The van der Waals surface area contributed by atoms with Crippen molar-refractivity contribution in [1.29, 1.82) is 0 Å². The molecule has 32 heavy (non-hydrogen) atoms. The Morgan fingerprint density at radius 3 is 2.62 bits per heavy atom. The second kappa shape index (κ2) is 10.0. The average Bonchev–Trinajstić information content (AvgIpc) is 2.76. The third-order valence-corrected chi connectivity index (χ3v) is 5.90. The van der Waals surface area contributed by atoms with Crippen LogP contribution in [0, 0.1) is 11.8 Å². The molecule has 1 N–H and O–H groups in total. The number of hydrogen-bond acceptors (Lipinski definition) is 7. The predicted molar refractivity (Wildman–Crippen MR) is 119 cm³/mol. The Bertz CT molecular complexity index is 976. The molecule has 7 heteroatoms. The van der Waals surface area contributed by atoms with Crippen LogP contribution in [0.5, 0.6) is 5.75 Å². The number of nitrogens with one attached hydrogen (secondary N) is 1. The number of dihydropyridines is 1. The van der Waals surface area contributed by atoms with Crippen LogP contribution in [0.3, 0.4) is 0 Å². The summed E-state index contributed by atoms with van der Waals surface area (Å²) < 4.78 is 16.1. The van der Waals surface area contributed by atoms with Gasteiger partial charge in [-0.25, -0.2) is 4.79 Å². The molecule has 3 rings (SSSR count). The van der Waals surface area contributed by atoms with Gasteiger partial charge in [-0.3, -0.25) is 9.59 Å². The third-order valence-electron chi connectivity index (χ3n) is 5.90. The maximum atomic E-state index is 13.6. The van der Waals surface area contributed by atoms with Crippen LogP contribution in [0.1, 0.15) is 52.0 Å². The van der Waals surface area contributed by atoms with E-state index in [9.17, 15) is 14.4 Å². The number of ketones is 1. The monoisotopic (exact) mass is 441 g/mol. The number of Topliss-reactive ketones (excluding diaryl/α,β-unsaturated/α-hetero) is 1.